The zero-order valence-corrected chi connectivity index (χ0v) is 11.6. The molecule has 0 aromatic rings. The van der Waals surface area contributed by atoms with Gasteiger partial charge in [-0.1, -0.05) is 0 Å². The van der Waals surface area contributed by atoms with E-state index in [4.69, 9.17) is 5.73 Å². The summed E-state index contributed by atoms with van der Waals surface area (Å²) in [6.45, 7) is 2.14. The molecule has 2 saturated heterocycles. The van der Waals surface area contributed by atoms with Crippen LogP contribution in [0.1, 0.15) is 25.7 Å². The van der Waals surface area contributed by atoms with Crippen molar-refractivity contribution in [3.05, 3.63) is 0 Å². The lowest BCUT2D eigenvalue weighted by molar-refractivity contribution is -0.136. The second-order valence-corrected chi connectivity index (χ2v) is 5.39. The second-order valence-electron chi connectivity index (χ2n) is 5.39. The van der Waals surface area contributed by atoms with Crippen molar-refractivity contribution in [3.8, 4) is 0 Å². The number of imide groups is 1. The Balaban J connectivity index is 1.73. The van der Waals surface area contributed by atoms with Crippen LogP contribution in [0.25, 0.3) is 0 Å². The molecule has 1 unspecified atom stereocenters. The summed E-state index contributed by atoms with van der Waals surface area (Å²) in [6.07, 6.45) is 3.31. The Morgan fingerprint density at radius 2 is 1.95 bits per heavy atom. The van der Waals surface area contributed by atoms with Crippen molar-refractivity contribution in [1.29, 1.82) is 0 Å². The topological polar surface area (TPSA) is 95.7 Å². The minimum atomic E-state index is -0.409. The molecule has 0 aliphatic carbocycles. The molecular formula is C13H22N4O3. The summed E-state index contributed by atoms with van der Waals surface area (Å²) in [5, 5.41) is 2.34. The summed E-state index contributed by atoms with van der Waals surface area (Å²) < 4.78 is 0. The van der Waals surface area contributed by atoms with Crippen LogP contribution in [0.4, 0.5) is 0 Å². The number of hydrogen-bond acceptors (Lipinski definition) is 5. The Morgan fingerprint density at radius 3 is 2.60 bits per heavy atom. The van der Waals surface area contributed by atoms with Crippen molar-refractivity contribution in [2.24, 2.45) is 5.73 Å². The molecule has 1 atom stereocenters. The Kier molecular flexibility index (Phi) is 5.08. The van der Waals surface area contributed by atoms with Crippen LogP contribution in [-0.4, -0.2) is 66.3 Å². The Bertz CT molecular complexity index is 399. The number of carbonyl (C=O) groups is 3. The van der Waals surface area contributed by atoms with Gasteiger partial charge in [0.2, 0.25) is 17.7 Å². The van der Waals surface area contributed by atoms with E-state index in [9.17, 15) is 14.4 Å². The van der Waals surface area contributed by atoms with Gasteiger partial charge in [-0.25, -0.2) is 0 Å². The van der Waals surface area contributed by atoms with Crippen LogP contribution in [0.5, 0.6) is 0 Å². The summed E-state index contributed by atoms with van der Waals surface area (Å²) in [5.41, 5.74) is 5.64. The van der Waals surface area contributed by atoms with Crippen molar-refractivity contribution < 1.29 is 14.4 Å². The Morgan fingerprint density at radius 1 is 1.20 bits per heavy atom. The molecule has 0 aromatic heterocycles. The predicted molar refractivity (Wildman–Crippen MR) is 72.6 cm³/mol. The van der Waals surface area contributed by atoms with Gasteiger partial charge in [0.05, 0.1) is 13.1 Å². The van der Waals surface area contributed by atoms with E-state index >= 15 is 0 Å². The lowest BCUT2D eigenvalue weighted by atomic mass is 10.2. The molecule has 2 aliphatic heterocycles. The van der Waals surface area contributed by atoms with Gasteiger partial charge in [0.15, 0.2) is 0 Å². The van der Waals surface area contributed by atoms with E-state index in [1.165, 1.54) is 4.90 Å². The lowest BCUT2D eigenvalue weighted by Gasteiger charge is -2.22. The van der Waals surface area contributed by atoms with Gasteiger partial charge in [-0.05, 0) is 25.8 Å². The van der Waals surface area contributed by atoms with E-state index in [0.717, 1.165) is 25.8 Å². The molecule has 2 fully saturated rings. The van der Waals surface area contributed by atoms with Crippen molar-refractivity contribution in [2.45, 2.75) is 31.7 Å². The molecule has 0 saturated carbocycles. The summed E-state index contributed by atoms with van der Waals surface area (Å²) in [6, 6.07) is 0.232. The fourth-order valence-corrected chi connectivity index (χ4v) is 2.83. The van der Waals surface area contributed by atoms with Gasteiger partial charge in [-0.3, -0.25) is 24.6 Å². The first-order valence-corrected chi connectivity index (χ1v) is 7.14. The van der Waals surface area contributed by atoms with Gasteiger partial charge in [0.1, 0.15) is 0 Å². The van der Waals surface area contributed by atoms with E-state index in [1.807, 2.05) is 4.90 Å². The van der Waals surface area contributed by atoms with Gasteiger partial charge in [-0.2, -0.15) is 0 Å². The lowest BCUT2D eigenvalue weighted by Crippen LogP contribution is -2.46. The van der Waals surface area contributed by atoms with E-state index in [2.05, 4.69) is 5.32 Å². The molecule has 0 spiro atoms. The first-order valence-electron chi connectivity index (χ1n) is 7.14. The summed E-state index contributed by atoms with van der Waals surface area (Å²) in [4.78, 5) is 38.4. The van der Waals surface area contributed by atoms with Crippen LogP contribution in [0.2, 0.25) is 0 Å². The average Bonchev–Trinajstić information content (AvgIpc) is 2.99. The van der Waals surface area contributed by atoms with Gasteiger partial charge >= 0.3 is 0 Å². The molecule has 20 heavy (non-hydrogen) atoms. The molecule has 2 aliphatic rings. The van der Waals surface area contributed by atoms with Crippen molar-refractivity contribution in [3.63, 3.8) is 0 Å². The molecule has 0 aromatic carbocycles. The minimum absolute atomic E-state index is 0.0182. The first-order chi connectivity index (χ1) is 9.60. The maximum Gasteiger partial charge on any atom is 0.246 e. The van der Waals surface area contributed by atoms with E-state index < -0.39 is 5.91 Å². The molecule has 2 rings (SSSR count). The van der Waals surface area contributed by atoms with Crippen LogP contribution in [0.3, 0.4) is 0 Å². The standard InChI is InChI=1S/C13H22N4O3/c14-7-10-3-1-5-16(10)8-11(18)15-12(19)9-17-6-2-4-13(17)20/h10H,1-9,14H2,(H,15,18,19). The molecule has 0 bridgehead atoms. The van der Waals surface area contributed by atoms with Gasteiger partial charge in [-0.15, -0.1) is 0 Å². The average molecular weight is 282 g/mol. The zero-order chi connectivity index (χ0) is 14.5. The molecule has 7 heteroatoms. The van der Waals surface area contributed by atoms with Crippen LogP contribution < -0.4 is 11.1 Å². The smallest absolute Gasteiger partial charge is 0.246 e. The molecule has 3 amide bonds. The highest BCUT2D eigenvalue weighted by Crippen LogP contribution is 2.15. The van der Waals surface area contributed by atoms with Crippen molar-refractivity contribution in [2.75, 3.05) is 32.7 Å². The number of nitrogens with two attached hydrogens (primary N) is 1. The van der Waals surface area contributed by atoms with Gasteiger partial charge in [0.25, 0.3) is 0 Å². The largest absolute Gasteiger partial charge is 0.333 e. The van der Waals surface area contributed by atoms with Crippen LogP contribution in [0.15, 0.2) is 0 Å². The third-order valence-electron chi connectivity index (χ3n) is 3.90. The maximum atomic E-state index is 11.8. The van der Waals surface area contributed by atoms with E-state index in [-0.39, 0.29) is 30.9 Å². The number of carbonyl (C=O) groups excluding carboxylic acids is 3. The number of amides is 3. The Labute approximate surface area is 118 Å². The highest BCUT2D eigenvalue weighted by molar-refractivity contribution is 5.98. The summed E-state index contributed by atoms with van der Waals surface area (Å²) >= 11 is 0. The first kappa shape index (κ1) is 14.9. The predicted octanol–water partition coefficient (Wildman–Crippen LogP) is -1.33. The molecule has 112 valence electrons. The van der Waals surface area contributed by atoms with E-state index in [0.29, 0.717) is 19.5 Å². The number of nitrogens with one attached hydrogen (secondary N) is 1. The van der Waals surface area contributed by atoms with Crippen molar-refractivity contribution in [1.82, 2.24) is 15.1 Å². The third-order valence-corrected chi connectivity index (χ3v) is 3.90. The number of rotatable bonds is 5. The molecule has 2 heterocycles. The van der Waals surface area contributed by atoms with Crippen LogP contribution in [0, 0.1) is 0 Å². The fourth-order valence-electron chi connectivity index (χ4n) is 2.83. The molecule has 7 nitrogen and oxygen atoms in total. The van der Waals surface area contributed by atoms with Crippen LogP contribution in [-0.2, 0) is 14.4 Å². The maximum absolute atomic E-state index is 11.8. The van der Waals surface area contributed by atoms with Gasteiger partial charge < -0.3 is 10.6 Å². The van der Waals surface area contributed by atoms with Crippen LogP contribution >= 0.6 is 0 Å². The summed E-state index contributed by atoms with van der Waals surface area (Å²) in [7, 11) is 0. The normalized spacial score (nSPS) is 23.4. The number of nitrogens with zero attached hydrogens (tertiary/aromatic N) is 2. The zero-order valence-electron chi connectivity index (χ0n) is 11.6. The highest BCUT2D eigenvalue weighted by Gasteiger charge is 2.26. The number of hydrogen-bond donors (Lipinski definition) is 2. The number of likely N-dealkylation sites (tertiary alicyclic amines) is 2. The SMILES string of the molecule is NCC1CCCN1CC(=O)NC(=O)CN1CCCC1=O. The molecule has 3 N–H and O–H groups in total. The Hall–Kier alpha value is -1.47. The van der Waals surface area contributed by atoms with E-state index in [1.54, 1.807) is 0 Å². The second kappa shape index (κ2) is 6.81. The quantitative estimate of drug-likeness (QED) is 0.652. The summed E-state index contributed by atoms with van der Waals surface area (Å²) in [5.74, 6) is -0.744. The fraction of sp³-hybridized carbons (Fsp3) is 0.769. The van der Waals surface area contributed by atoms with Gasteiger partial charge in [0, 0.05) is 25.6 Å². The minimum Gasteiger partial charge on any atom is -0.333 e. The molecular weight excluding hydrogens is 260 g/mol. The molecule has 0 radical (unpaired) electrons. The highest BCUT2D eigenvalue weighted by atomic mass is 16.2. The van der Waals surface area contributed by atoms with Crippen molar-refractivity contribution >= 4 is 17.7 Å². The monoisotopic (exact) mass is 282 g/mol. The third kappa shape index (κ3) is 3.77.